The summed E-state index contributed by atoms with van der Waals surface area (Å²) in [6.45, 7) is 4.29. The Morgan fingerprint density at radius 2 is 2.19 bits per heavy atom. The summed E-state index contributed by atoms with van der Waals surface area (Å²) in [5.74, 6) is 0.717. The molecule has 0 aromatic heterocycles. The van der Waals surface area contributed by atoms with Gasteiger partial charge in [0.05, 0.1) is 17.0 Å². The minimum atomic E-state index is -0.202. The highest BCUT2D eigenvalue weighted by Crippen LogP contribution is 2.27. The van der Waals surface area contributed by atoms with Gasteiger partial charge in [0.15, 0.2) is 5.78 Å². The van der Waals surface area contributed by atoms with E-state index in [2.05, 4.69) is 31.9 Å². The highest BCUT2D eigenvalue weighted by atomic mass is 79.9. The maximum absolute atomic E-state index is 12.1. The average molecular weight is 350 g/mol. The van der Waals surface area contributed by atoms with Crippen LogP contribution in [0.5, 0.6) is 5.75 Å². The van der Waals surface area contributed by atoms with Crippen LogP contribution in [-0.4, -0.2) is 17.2 Å². The van der Waals surface area contributed by atoms with Crippen LogP contribution in [-0.2, 0) is 5.33 Å². The van der Waals surface area contributed by atoms with Crippen LogP contribution < -0.4 is 4.74 Å². The molecule has 1 aromatic rings. The Morgan fingerprint density at radius 3 is 2.69 bits per heavy atom. The van der Waals surface area contributed by atoms with Crippen molar-refractivity contribution in [1.29, 1.82) is 0 Å². The van der Waals surface area contributed by atoms with Gasteiger partial charge < -0.3 is 4.74 Å². The molecule has 88 valence electrons. The van der Waals surface area contributed by atoms with E-state index in [4.69, 9.17) is 4.74 Å². The van der Waals surface area contributed by atoms with Crippen molar-refractivity contribution < 1.29 is 9.53 Å². The molecule has 0 saturated heterocycles. The zero-order chi connectivity index (χ0) is 12.1. The second-order valence-corrected chi connectivity index (χ2v) is 5.27. The minimum Gasteiger partial charge on any atom is -0.493 e. The molecule has 0 bridgehead atoms. The van der Waals surface area contributed by atoms with Gasteiger partial charge >= 0.3 is 0 Å². The van der Waals surface area contributed by atoms with Crippen molar-refractivity contribution in [3.63, 3.8) is 0 Å². The zero-order valence-electron chi connectivity index (χ0n) is 9.30. The number of alkyl halides is 2. The summed E-state index contributed by atoms with van der Waals surface area (Å²) in [6, 6.07) is 5.66. The lowest BCUT2D eigenvalue weighted by atomic mass is 10.0. The van der Waals surface area contributed by atoms with Crippen molar-refractivity contribution in [3.8, 4) is 5.75 Å². The molecule has 2 nitrogen and oxygen atoms in total. The monoisotopic (exact) mass is 348 g/mol. The predicted molar refractivity (Wildman–Crippen MR) is 73.0 cm³/mol. The third-order valence-corrected chi connectivity index (χ3v) is 3.18. The molecule has 0 heterocycles. The fourth-order valence-corrected chi connectivity index (χ4v) is 2.14. The third kappa shape index (κ3) is 3.08. The van der Waals surface area contributed by atoms with E-state index in [0.29, 0.717) is 23.2 Å². The molecule has 1 atom stereocenters. The van der Waals surface area contributed by atoms with Gasteiger partial charge in [0.1, 0.15) is 5.75 Å². The number of benzene rings is 1. The molecule has 4 heteroatoms. The second kappa shape index (κ2) is 6.40. The predicted octanol–water partition coefficient (Wildman–Crippen LogP) is 3.95. The van der Waals surface area contributed by atoms with Gasteiger partial charge in [-0.15, -0.1) is 0 Å². The zero-order valence-corrected chi connectivity index (χ0v) is 12.5. The van der Waals surface area contributed by atoms with E-state index in [0.717, 1.165) is 5.56 Å². The van der Waals surface area contributed by atoms with Gasteiger partial charge in [0.2, 0.25) is 0 Å². The van der Waals surface area contributed by atoms with Crippen LogP contribution in [0, 0.1) is 0 Å². The molecule has 0 spiro atoms. The van der Waals surface area contributed by atoms with E-state index in [1.807, 2.05) is 32.0 Å². The Labute approximate surface area is 113 Å². The molecule has 0 aliphatic heterocycles. The first-order valence-electron chi connectivity index (χ1n) is 5.10. The molecule has 0 radical (unpaired) electrons. The number of hydrogen-bond acceptors (Lipinski definition) is 2. The standard InChI is InChI=1S/C12H14Br2O2/c1-3-16-10-6-4-5-9(7-13)11(10)12(15)8(2)14/h4-6,8H,3,7H2,1-2H3. The highest BCUT2D eigenvalue weighted by molar-refractivity contribution is 9.10. The molecule has 16 heavy (non-hydrogen) atoms. The molecule has 0 aliphatic carbocycles. The molecule has 0 fully saturated rings. The number of hydrogen-bond donors (Lipinski definition) is 0. The highest BCUT2D eigenvalue weighted by Gasteiger charge is 2.20. The Kier molecular flexibility index (Phi) is 5.49. The minimum absolute atomic E-state index is 0.0542. The maximum atomic E-state index is 12.1. The van der Waals surface area contributed by atoms with Crippen molar-refractivity contribution in [1.82, 2.24) is 0 Å². The van der Waals surface area contributed by atoms with Crippen molar-refractivity contribution in [3.05, 3.63) is 29.3 Å². The lowest BCUT2D eigenvalue weighted by Gasteiger charge is -2.13. The quantitative estimate of drug-likeness (QED) is 0.594. The van der Waals surface area contributed by atoms with Gasteiger partial charge in [-0.1, -0.05) is 44.0 Å². The van der Waals surface area contributed by atoms with Crippen LogP contribution in [0.1, 0.15) is 29.8 Å². The van der Waals surface area contributed by atoms with Crippen molar-refractivity contribution >= 4 is 37.6 Å². The molecule has 0 N–H and O–H groups in total. The van der Waals surface area contributed by atoms with E-state index in [1.165, 1.54) is 0 Å². The van der Waals surface area contributed by atoms with Crippen LogP contribution in [0.3, 0.4) is 0 Å². The van der Waals surface area contributed by atoms with Crippen LogP contribution in [0.4, 0.5) is 0 Å². The van der Waals surface area contributed by atoms with Gasteiger partial charge in [-0.3, -0.25) is 4.79 Å². The second-order valence-electron chi connectivity index (χ2n) is 3.34. The summed E-state index contributed by atoms with van der Waals surface area (Å²) in [7, 11) is 0. The Hall–Kier alpha value is -0.350. The first kappa shape index (κ1) is 13.7. The molecule has 0 saturated carbocycles. The third-order valence-electron chi connectivity index (χ3n) is 2.16. The van der Waals surface area contributed by atoms with Crippen molar-refractivity contribution in [2.24, 2.45) is 0 Å². The fourth-order valence-electron chi connectivity index (χ4n) is 1.44. The molecule has 1 rings (SSSR count). The van der Waals surface area contributed by atoms with Gasteiger partial charge in [0.25, 0.3) is 0 Å². The summed E-state index contributed by atoms with van der Waals surface area (Å²) in [4.78, 5) is 11.9. The number of rotatable bonds is 5. The molecular weight excluding hydrogens is 336 g/mol. The van der Waals surface area contributed by atoms with Crippen LogP contribution in [0.2, 0.25) is 0 Å². The molecule has 0 aliphatic rings. The number of carbonyl (C=O) groups excluding carboxylic acids is 1. The summed E-state index contributed by atoms with van der Waals surface area (Å²) in [5.41, 5.74) is 1.63. The normalized spacial score (nSPS) is 12.2. The first-order valence-corrected chi connectivity index (χ1v) is 7.14. The van der Waals surface area contributed by atoms with E-state index < -0.39 is 0 Å². The average Bonchev–Trinajstić information content (AvgIpc) is 2.28. The summed E-state index contributed by atoms with van der Waals surface area (Å²) in [6.07, 6.45) is 0. The number of ketones is 1. The van der Waals surface area contributed by atoms with Crippen LogP contribution in [0.25, 0.3) is 0 Å². The number of halogens is 2. The molecule has 1 aromatic carbocycles. The molecular formula is C12H14Br2O2. The molecule has 1 unspecified atom stereocenters. The summed E-state index contributed by atoms with van der Waals surface area (Å²) >= 11 is 6.69. The Morgan fingerprint density at radius 1 is 1.50 bits per heavy atom. The summed E-state index contributed by atoms with van der Waals surface area (Å²) in [5, 5.41) is 0.648. The Bertz CT molecular complexity index is 375. The number of ether oxygens (including phenoxy) is 1. The first-order chi connectivity index (χ1) is 7.61. The molecule has 0 amide bonds. The Balaban J connectivity index is 3.24. The van der Waals surface area contributed by atoms with Crippen molar-refractivity contribution in [2.45, 2.75) is 24.0 Å². The van der Waals surface area contributed by atoms with Gasteiger partial charge in [-0.05, 0) is 25.5 Å². The SMILES string of the molecule is CCOc1cccc(CBr)c1C(=O)C(C)Br. The van der Waals surface area contributed by atoms with Gasteiger partial charge in [0, 0.05) is 5.33 Å². The number of Topliss-reactive ketones (excluding diaryl/α,β-unsaturated/α-hetero) is 1. The van der Waals surface area contributed by atoms with E-state index in [9.17, 15) is 4.79 Å². The van der Waals surface area contributed by atoms with Crippen LogP contribution in [0.15, 0.2) is 18.2 Å². The smallest absolute Gasteiger partial charge is 0.180 e. The van der Waals surface area contributed by atoms with E-state index >= 15 is 0 Å². The number of carbonyl (C=O) groups is 1. The fraction of sp³-hybridized carbons (Fsp3) is 0.417. The van der Waals surface area contributed by atoms with E-state index in [1.54, 1.807) is 0 Å². The van der Waals surface area contributed by atoms with Gasteiger partial charge in [-0.25, -0.2) is 0 Å². The lowest BCUT2D eigenvalue weighted by Crippen LogP contribution is -2.14. The lowest BCUT2D eigenvalue weighted by molar-refractivity contribution is 0.0991. The van der Waals surface area contributed by atoms with Crippen molar-refractivity contribution in [2.75, 3.05) is 6.61 Å². The maximum Gasteiger partial charge on any atom is 0.180 e. The van der Waals surface area contributed by atoms with Gasteiger partial charge in [-0.2, -0.15) is 0 Å². The largest absolute Gasteiger partial charge is 0.493 e. The van der Waals surface area contributed by atoms with E-state index in [-0.39, 0.29) is 10.6 Å². The van der Waals surface area contributed by atoms with Crippen LogP contribution >= 0.6 is 31.9 Å². The summed E-state index contributed by atoms with van der Waals surface area (Å²) < 4.78 is 5.49. The topological polar surface area (TPSA) is 26.3 Å².